The van der Waals surface area contributed by atoms with Crippen molar-refractivity contribution >= 4 is 11.6 Å². The number of aliphatic hydroxyl groups is 1. The van der Waals surface area contributed by atoms with Crippen molar-refractivity contribution in [3.63, 3.8) is 0 Å². The summed E-state index contributed by atoms with van der Waals surface area (Å²) in [5.74, 6) is -1.04. The number of benzene rings is 1. The molecule has 4 N–H and O–H groups in total. The quantitative estimate of drug-likeness (QED) is 0.253. The Balaban J connectivity index is 1.56. The van der Waals surface area contributed by atoms with E-state index in [-0.39, 0.29) is 37.2 Å². The average molecular weight is 516 g/mol. The molecule has 0 spiro atoms. The third kappa shape index (κ3) is 6.52. The Morgan fingerprint density at radius 2 is 1.89 bits per heavy atom. The molecule has 1 fully saturated rings. The van der Waals surface area contributed by atoms with E-state index in [4.69, 9.17) is 10.5 Å². The molecule has 2 heterocycles. The Hall–Kier alpha value is -3.19. The number of anilines is 1. The number of ether oxygens (including phenoxy) is 1. The van der Waals surface area contributed by atoms with Gasteiger partial charge in [0.1, 0.15) is 17.6 Å². The van der Waals surface area contributed by atoms with Crippen molar-refractivity contribution in [1.29, 1.82) is 0 Å². The minimum Gasteiger partial charge on any atom is -0.396 e. The molecule has 3 rings (SSSR count). The van der Waals surface area contributed by atoms with Gasteiger partial charge >= 0.3 is 11.9 Å². The molecule has 9 nitrogen and oxygen atoms in total. The van der Waals surface area contributed by atoms with Gasteiger partial charge in [-0.1, -0.05) is 12.8 Å². The van der Waals surface area contributed by atoms with Crippen LogP contribution in [0, 0.1) is 5.82 Å². The van der Waals surface area contributed by atoms with Crippen LogP contribution in [0.1, 0.15) is 60.7 Å². The molecular formula is C23H28F4N4O5. The van der Waals surface area contributed by atoms with E-state index in [0.717, 1.165) is 10.6 Å². The lowest BCUT2D eigenvalue weighted by molar-refractivity contribution is -0.140. The van der Waals surface area contributed by atoms with Gasteiger partial charge < -0.3 is 20.9 Å². The van der Waals surface area contributed by atoms with Gasteiger partial charge in [0.05, 0.1) is 18.4 Å². The monoisotopic (exact) mass is 516 g/mol. The highest BCUT2D eigenvalue weighted by atomic mass is 19.4. The van der Waals surface area contributed by atoms with Crippen molar-refractivity contribution in [2.24, 2.45) is 0 Å². The first-order valence-electron chi connectivity index (χ1n) is 11.6. The highest BCUT2D eigenvalue weighted by Gasteiger charge is 2.37. The summed E-state index contributed by atoms with van der Waals surface area (Å²) < 4.78 is 60.4. The molecule has 13 heteroatoms. The van der Waals surface area contributed by atoms with Gasteiger partial charge in [-0.05, 0) is 43.9 Å². The number of aromatic nitrogens is 2. The topological polar surface area (TPSA) is 129 Å². The molecule has 2 atom stereocenters. The van der Waals surface area contributed by atoms with E-state index in [0.29, 0.717) is 43.0 Å². The number of hydrogen-bond donors (Lipinski definition) is 3. The highest BCUT2D eigenvalue weighted by molar-refractivity contribution is 5.94. The fourth-order valence-electron chi connectivity index (χ4n) is 3.98. The third-order valence-corrected chi connectivity index (χ3v) is 5.95. The lowest BCUT2D eigenvalue weighted by Gasteiger charge is -2.19. The number of unbranched alkanes of at least 4 members (excludes halogenated alkanes) is 3. The van der Waals surface area contributed by atoms with Crippen molar-refractivity contribution in [3.05, 3.63) is 62.2 Å². The van der Waals surface area contributed by atoms with Crippen LogP contribution < -0.4 is 22.3 Å². The maximum absolute atomic E-state index is 13.5. The van der Waals surface area contributed by atoms with E-state index in [1.54, 1.807) is 0 Å². The minimum absolute atomic E-state index is 0.140. The van der Waals surface area contributed by atoms with Crippen molar-refractivity contribution in [2.75, 3.05) is 18.9 Å². The van der Waals surface area contributed by atoms with Crippen LogP contribution in [-0.2, 0) is 17.5 Å². The van der Waals surface area contributed by atoms with Gasteiger partial charge in [0.25, 0.3) is 11.5 Å². The summed E-state index contributed by atoms with van der Waals surface area (Å²) in [5.41, 5.74) is 1.75. The first kappa shape index (κ1) is 27.4. The van der Waals surface area contributed by atoms with Crippen molar-refractivity contribution in [1.82, 2.24) is 14.5 Å². The summed E-state index contributed by atoms with van der Waals surface area (Å²) in [5, 5.41) is 11.9. The number of carbonyl (C=O) groups is 1. The molecule has 1 aromatic carbocycles. The van der Waals surface area contributed by atoms with Crippen molar-refractivity contribution in [3.8, 4) is 0 Å². The number of rotatable bonds is 10. The van der Waals surface area contributed by atoms with Crippen LogP contribution in [0.4, 0.5) is 23.2 Å². The molecular weight excluding hydrogens is 488 g/mol. The van der Waals surface area contributed by atoms with Gasteiger partial charge in [0.15, 0.2) is 0 Å². The number of nitrogens with one attached hydrogen (secondary N) is 1. The van der Waals surface area contributed by atoms with Gasteiger partial charge in [-0.2, -0.15) is 13.2 Å². The predicted molar refractivity (Wildman–Crippen MR) is 122 cm³/mol. The van der Waals surface area contributed by atoms with Crippen molar-refractivity contribution in [2.45, 2.75) is 63.6 Å². The molecule has 2 aromatic rings. The first-order valence-corrected chi connectivity index (χ1v) is 11.6. The Bertz CT molecular complexity index is 1190. The summed E-state index contributed by atoms with van der Waals surface area (Å²) >= 11 is 0. The summed E-state index contributed by atoms with van der Waals surface area (Å²) in [6.45, 7) is -0.230. The fraction of sp³-hybridized carbons (Fsp3) is 0.522. The number of nitrogen functional groups attached to an aromatic ring is 1. The maximum Gasteiger partial charge on any atom is 0.423 e. The average Bonchev–Trinajstić information content (AvgIpc) is 3.30. The SMILES string of the molecule is Nc1cc(C(=O)NCCCCCCn2c(=O)c(C(F)(F)F)cn([C@H]3CC[C@@H](CO)O3)c2=O)ccc1F. The molecule has 1 amide bonds. The molecule has 0 bridgehead atoms. The van der Waals surface area contributed by atoms with Crippen LogP contribution in [-0.4, -0.2) is 39.4 Å². The number of alkyl halides is 3. The van der Waals surface area contributed by atoms with E-state index >= 15 is 0 Å². The molecule has 0 aliphatic carbocycles. The molecule has 1 saturated heterocycles. The first-order chi connectivity index (χ1) is 17.0. The van der Waals surface area contributed by atoms with Gasteiger partial charge in [0.2, 0.25) is 0 Å². The largest absolute Gasteiger partial charge is 0.423 e. The van der Waals surface area contributed by atoms with Gasteiger partial charge in [-0.25, -0.2) is 9.18 Å². The Kier molecular flexibility index (Phi) is 8.90. The van der Waals surface area contributed by atoms with Gasteiger partial charge in [-0.15, -0.1) is 0 Å². The second-order valence-electron chi connectivity index (χ2n) is 8.57. The summed E-state index contributed by atoms with van der Waals surface area (Å²) in [4.78, 5) is 37.3. The number of aliphatic hydroxyl groups excluding tert-OH is 1. The van der Waals surface area contributed by atoms with Gasteiger partial charge in [0, 0.05) is 24.8 Å². The normalized spacial score (nSPS) is 17.9. The lowest BCUT2D eigenvalue weighted by Crippen LogP contribution is -2.44. The maximum atomic E-state index is 13.5. The number of amides is 1. The predicted octanol–water partition coefficient (Wildman–Crippen LogP) is 2.41. The molecule has 1 aromatic heterocycles. The number of nitrogens with two attached hydrogens (primary N) is 1. The standard InChI is InChI=1S/C23H28F4N4O5/c24-17-7-5-14(11-18(17)28)20(33)29-9-3-1-2-4-10-30-21(34)16(23(25,26)27)12-31(22(30)35)19-8-6-15(13-32)36-19/h5,7,11-12,15,19,32H,1-4,6,8-10,13,28H2,(H,29,33)/t15-,19+/m0/s1. The Morgan fingerprint density at radius 3 is 2.53 bits per heavy atom. The van der Waals surface area contributed by atoms with E-state index in [1.165, 1.54) is 12.1 Å². The fourth-order valence-corrected chi connectivity index (χ4v) is 3.98. The smallest absolute Gasteiger partial charge is 0.396 e. The second-order valence-corrected chi connectivity index (χ2v) is 8.57. The van der Waals surface area contributed by atoms with Crippen LogP contribution >= 0.6 is 0 Å². The van der Waals surface area contributed by atoms with Crippen LogP contribution in [0.15, 0.2) is 34.0 Å². The van der Waals surface area contributed by atoms with E-state index < -0.39 is 47.0 Å². The molecule has 36 heavy (non-hydrogen) atoms. The lowest BCUT2D eigenvalue weighted by atomic mass is 10.1. The zero-order valence-corrected chi connectivity index (χ0v) is 19.4. The number of carbonyl (C=O) groups excluding carboxylic acids is 1. The second kappa shape index (κ2) is 11.7. The van der Waals surface area contributed by atoms with E-state index in [2.05, 4.69) is 5.32 Å². The number of hydrogen-bond acceptors (Lipinski definition) is 6. The van der Waals surface area contributed by atoms with Crippen LogP contribution in [0.2, 0.25) is 0 Å². The van der Waals surface area contributed by atoms with Gasteiger partial charge in [-0.3, -0.25) is 18.7 Å². The zero-order valence-electron chi connectivity index (χ0n) is 19.4. The molecule has 0 radical (unpaired) electrons. The third-order valence-electron chi connectivity index (χ3n) is 5.95. The highest BCUT2D eigenvalue weighted by Crippen LogP contribution is 2.30. The summed E-state index contributed by atoms with van der Waals surface area (Å²) in [7, 11) is 0. The minimum atomic E-state index is -4.95. The summed E-state index contributed by atoms with van der Waals surface area (Å²) in [6, 6.07) is 3.63. The number of halogens is 4. The molecule has 0 unspecified atom stereocenters. The Labute approximate surface area is 203 Å². The van der Waals surface area contributed by atoms with Crippen LogP contribution in [0.5, 0.6) is 0 Å². The molecule has 0 saturated carbocycles. The van der Waals surface area contributed by atoms with Crippen LogP contribution in [0.25, 0.3) is 0 Å². The number of nitrogens with zero attached hydrogens (tertiary/aromatic N) is 2. The van der Waals surface area contributed by atoms with E-state index in [9.17, 15) is 37.1 Å². The molecule has 1 aliphatic heterocycles. The summed E-state index contributed by atoms with van der Waals surface area (Å²) in [6.07, 6.45) is -3.55. The van der Waals surface area contributed by atoms with Crippen LogP contribution in [0.3, 0.4) is 0 Å². The molecule has 198 valence electrons. The van der Waals surface area contributed by atoms with Crippen molar-refractivity contribution < 1.29 is 32.2 Å². The Morgan fingerprint density at radius 1 is 1.17 bits per heavy atom. The zero-order chi connectivity index (χ0) is 26.5. The molecule has 1 aliphatic rings. The van der Waals surface area contributed by atoms with E-state index in [1.807, 2.05) is 0 Å².